The molecule has 0 aliphatic heterocycles. The van der Waals surface area contributed by atoms with Crippen molar-refractivity contribution in [2.75, 3.05) is 4.90 Å². The van der Waals surface area contributed by atoms with Crippen molar-refractivity contribution in [2.45, 2.75) is 0 Å². The average molecular weight is 562 g/mol. The van der Waals surface area contributed by atoms with Crippen LogP contribution in [-0.4, -0.2) is 0 Å². The summed E-state index contributed by atoms with van der Waals surface area (Å²) in [5.41, 5.74) is 7.65. The van der Waals surface area contributed by atoms with Crippen LogP contribution in [0.4, 0.5) is 17.1 Å². The van der Waals surface area contributed by atoms with Gasteiger partial charge in [0.2, 0.25) is 0 Å². The van der Waals surface area contributed by atoms with E-state index >= 15 is 0 Å². The number of fused-ring (bicyclic) bond motifs is 8. The molecule has 0 aliphatic rings. The van der Waals surface area contributed by atoms with E-state index < -0.39 is 0 Å². The highest BCUT2D eigenvalue weighted by Gasteiger charge is 2.15. The van der Waals surface area contributed by atoms with Crippen molar-refractivity contribution in [3.63, 3.8) is 0 Å². The molecule has 44 heavy (non-hydrogen) atoms. The summed E-state index contributed by atoms with van der Waals surface area (Å²) in [6.45, 7) is 0. The molecule has 9 aromatic rings. The van der Waals surface area contributed by atoms with Gasteiger partial charge in [-0.1, -0.05) is 109 Å². The zero-order valence-corrected chi connectivity index (χ0v) is 23.9. The molecular formula is C42H27NO. The molecular weight excluding hydrogens is 534 g/mol. The molecule has 0 atom stereocenters. The quantitative estimate of drug-likeness (QED) is 0.199. The van der Waals surface area contributed by atoms with E-state index in [0.29, 0.717) is 0 Å². The first kappa shape index (κ1) is 24.7. The van der Waals surface area contributed by atoms with E-state index in [1.165, 1.54) is 43.4 Å². The van der Waals surface area contributed by atoms with E-state index in [4.69, 9.17) is 4.42 Å². The summed E-state index contributed by atoms with van der Waals surface area (Å²) in [4.78, 5) is 2.34. The van der Waals surface area contributed by atoms with Gasteiger partial charge in [0, 0.05) is 27.8 Å². The van der Waals surface area contributed by atoms with E-state index in [0.717, 1.165) is 39.0 Å². The predicted octanol–water partition coefficient (Wildman–Crippen LogP) is 12.2. The fraction of sp³-hybridized carbons (Fsp3) is 0. The summed E-state index contributed by atoms with van der Waals surface area (Å²) in [5, 5.41) is 9.71. The predicted molar refractivity (Wildman–Crippen MR) is 186 cm³/mol. The number of para-hydroxylation sites is 2. The van der Waals surface area contributed by atoms with E-state index in [2.05, 4.69) is 157 Å². The summed E-state index contributed by atoms with van der Waals surface area (Å²) in [6, 6.07) is 58.6. The second kappa shape index (κ2) is 9.86. The molecule has 9 rings (SSSR count). The van der Waals surface area contributed by atoms with E-state index in [1.54, 1.807) is 0 Å². The standard InChI is InChI=1S/C42H27NO/c1-3-9-28(10-4-1)29-19-21-34(22-20-29)43(33-11-5-2-6-12-33)35-23-24-36-31(25-35)17-15-30-16-18-32-26-41-39(27-38(32)42(30)36)37-13-7-8-14-40(37)44-41/h1-27H. The molecule has 8 aromatic carbocycles. The van der Waals surface area contributed by atoms with Crippen molar-refractivity contribution in [1.29, 1.82) is 0 Å². The number of benzene rings is 8. The van der Waals surface area contributed by atoms with E-state index in [-0.39, 0.29) is 0 Å². The maximum Gasteiger partial charge on any atom is 0.136 e. The second-order valence-corrected chi connectivity index (χ2v) is 11.4. The lowest BCUT2D eigenvalue weighted by Crippen LogP contribution is -2.09. The third-order valence-electron chi connectivity index (χ3n) is 8.80. The highest BCUT2D eigenvalue weighted by Crippen LogP contribution is 2.41. The molecule has 0 unspecified atom stereocenters. The van der Waals surface area contributed by atoms with Gasteiger partial charge in [-0.3, -0.25) is 0 Å². The van der Waals surface area contributed by atoms with Crippen LogP contribution in [0.15, 0.2) is 168 Å². The smallest absolute Gasteiger partial charge is 0.136 e. The van der Waals surface area contributed by atoms with Crippen LogP contribution in [-0.2, 0) is 0 Å². The Morgan fingerprint density at radius 3 is 1.75 bits per heavy atom. The minimum absolute atomic E-state index is 0.925. The van der Waals surface area contributed by atoms with Gasteiger partial charge in [0.25, 0.3) is 0 Å². The topological polar surface area (TPSA) is 16.4 Å². The highest BCUT2D eigenvalue weighted by molar-refractivity contribution is 6.23. The number of rotatable bonds is 4. The lowest BCUT2D eigenvalue weighted by atomic mass is 9.95. The molecule has 0 aliphatic carbocycles. The van der Waals surface area contributed by atoms with Crippen LogP contribution in [0, 0.1) is 0 Å². The van der Waals surface area contributed by atoms with Crippen LogP contribution >= 0.6 is 0 Å². The summed E-state index contributed by atoms with van der Waals surface area (Å²) in [6.07, 6.45) is 0. The van der Waals surface area contributed by atoms with Crippen molar-refractivity contribution in [3.05, 3.63) is 164 Å². The van der Waals surface area contributed by atoms with Gasteiger partial charge in [-0.2, -0.15) is 0 Å². The molecule has 0 bridgehead atoms. The van der Waals surface area contributed by atoms with Crippen LogP contribution in [0.1, 0.15) is 0 Å². The number of hydrogen-bond acceptors (Lipinski definition) is 2. The van der Waals surface area contributed by atoms with Crippen LogP contribution in [0.2, 0.25) is 0 Å². The van der Waals surface area contributed by atoms with Crippen LogP contribution in [0.3, 0.4) is 0 Å². The Balaban J connectivity index is 1.23. The first-order valence-corrected chi connectivity index (χ1v) is 15.0. The number of anilines is 3. The van der Waals surface area contributed by atoms with Crippen LogP contribution in [0.5, 0.6) is 0 Å². The Morgan fingerprint density at radius 1 is 0.341 bits per heavy atom. The van der Waals surface area contributed by atoms with Crippen LogP contribution < -0.4 is 4.90 Å². The maximum absolute atomic E-state index is 6.21. The minimum atomic E-state index is 0.925. The molecule has 206 valence electrons. The van der Waals surface area contributed by atoms with Crippen LogP contribution in [0.25, 0.3) is 65.4 Å². The molecule has 0 spiro atoms. The molecule has 0 amide bonds. The third kappa shape index (κ3) is 3.96. The highest BCUT2D eigenvalue weighted by atomic mass is 16.3. The monoisotopic (exact) mass is 561 g/mol. The molecule has 0 saturated carbocycles. The van der Waals surface area contributed by atoms with Gasteiger partial charge < -0.3 is 9.32 Å². The number of nitrogens with zero attached hydrogens (tertiary/aromatic N) is 1. The Labute approximate surface area is 255 Å². The lowest BCUT2D eigenvalue weighted by Gasteiger charge is -2.26. The van der Waals surface area contributed by atoms with Gasteiger partial charge in [0.05, 0.1) is 0 Å². The molecule has 0 radical (unpaired) electrons. The Hall–Kier alpha value is -5.86. The molecule has 0 fully saturated rings. The van der Waals surface area contributed by atoms with Crippen molar-refractivity contribution in [2.24, 2.45) is 0 Å². The summed E-state index contributed by atoms with van der Waals surface area (Å²) >= 11 is 0. The Morgan fingerprint density at radius 2 is 0.955 bits per heavy atom. The molecule has 0 saturated heterocycles. The van der Waals surface area contributed by atoms with Gasteiger partial charge >= 0.3 is 0 Å². The molecule has 2 heteroatoms. The Kier molecular flexibility index (Phi) is 5.54. The van der Waals surface area contributed by atoms with Gasteiger partial charge in [0.15, 0.2) is 0 Å². The zero-order chi connectivity index (χ0) is 29.0. The fourth-order valence-electron chi connectivity index (χ4n) is 6.69. The van der Waals surface area contributed by atoms with Crippen molar-refractivity contribution < 1.29 is 4.42 Å². The summed E-state index contributed by atoms with van der Waals surface area (Å²) in [5.74, 6) is 0. The van der Waals surface area contributed by atoms with E-state index in [1.807, 2.05) is 12.1 Å². The van der Waals surface area contributed by atoms with E-state index in [9.17, 15) is 0 Å². The second-order valence-electron chi connectivity index (χ2n) is 11.4. The molecule has 1 heterocycles. The average Bonchev–Trinajstić information content (AvgIpc) is 3.45. The zero-order valence-electron chi connectivity index (χ0n) is 23.9. The third-order valence-corrected chi connectivity index (χ3v) is 8.80. The first-order chi connectivity index (χ1) is 21.8. The lowest BCUT2D eigenvalue weighted by molar-refractivity contribution is 0.669. The molecule has 0 N–H and O–H groups in total. The van der Waals surface area contributed by atoms with Crippen molar-refractivity contribution >= 4 is 71.3 Å². The largest absolute Gasteiger partial charge is 0.456 e. The first-order valence-electron chi connectivity index (χ1n) is 15.0. The van der Waals surface area contributed by atoms with Crippen molar-refractivity contribution in [1.82, 2.24) is 0 Å². The molecule has 1 aromatic heterocycles. The van der Waals surface area contributed by atoms with Gasteiger partial charge in [-0.25, -0.2) is 0 Å². The summed E-state index contributed by atoms with van der Waals surface area (Å²) in [7, 11) is 0. The van der Waals surface area contributed by atoms with Gasteiger partial charge in [-0.15, -0.1) is 0 Å². The normalized spacial score (nSPS) is 11.6. The summed E-state index contributed by atoms with van der Waals surface area (Å²) < 4.78 is 6.21. The maximum atomic E-state index is 6.21. The number of hydrogen-bond donors (Lipinski definition) is 0. The van der Waals surface area contributed by atoms with Crippen molar-refractivity contribution in [3.8, 4) is 11.1 Å². The Bertz CT molecular complexity index is 2480. The van der Waals surface area contributed by atoms with Gasteiger partial charge in [0.1, 0.15) is 11.2 Å². The molecule has 2 nitrogen and oxygen atoms in total. The SMILES string of the molecule is c1ccc(-c2ccc(N(c3ccccc3)c3ccc4c(ccc5ccc6cc7oc8ccccc8c7cc6c54)c3)cc2)cc1. The fourth-order valence-corrected chi connectivity index (χ4v) is 6.69. The minimum Gasteiger partial charge on any atom is -0.456 e. The van der Waals surface area contributed by atoms with Gasteiger partial charge in [-0.05, 0) is 98.0 Å². The number of furan rings is 1.